The number of halogens is 2. The molecule has 0 radical (unpaired) electrons. The van der Waals surface area contributed by atoms with E-state index in [0.29, 0.717) is 16.8 Å². The summed E-state index contributed by atoms with van der Waals surface area (Å²) in [5, 5.41) is 12.4. The van der Waals surface area contributed by atoms with Gasteiger partial charge in [-0.05, 0) is 51.4 Å². The van der Waals surface area contributed by atoms with E-state index in [2.05, 4.69) is 15.6 Å². The predicted molar refractivity (Wildman–Crippen MR) is 105 cm³/mol. The highest BCUT2D eigenvalue weighted by Gasteiger charge is 2.27. The Balaban J connectivity index is 0.00000243. The van der Waals surface area contributed by atoms with Crippen molar-refractivity contribution in [2.45, 2.75) is 38.8 Å². The van der Waals surface area contributed by atoms with Crippen molar-refractivity contribution in [3.8, 4) is 0 Å². The zero-order valence-electron chi connectivity index (χ0n) is 15.3. The zero-order chi connectivity index (χ0) is 18.0. The SMILES string of the molecule is Cc1c(C(=O)N(C)C(C)c2ccccc2Cl)nnn1C1CCNCC1.Cl. The Labute approximate surface area is 165 Å². The first-order valence-corrected chi connectivity index (χ1v) is 9.02. The van der Waals surface area contributed by atoms with Crippen molar-refractivity contribution in [1.82, 2.24) is 25.2 Å². The van der Waals surface area contributed by atoms with Crippen molar-refractivity contribution in [3.63, 3.8) is 0 Å². The van der Waals surface area contributed by atoms with E-state index in [4.69, 9.17) is 11.6 Å². The van der Waals surface area contributed by atoms with Crippen molar-refractivity contribution in [3.05, 3.63) is 46.2 Å². The van der Waals surface area contributed by atoms with Gasteiger partial charge >= 0.3 is 0 Å². The lowest BCUT2D eigenvalue weighted by Gasteiger charge is -2.26. The molecule has 8 heteroatoms. The number of aromatic nitrogens is 3. The number of nitrogens with zero attached hydrogens (tertiary/aromatic N) is 4. The number of piperidine rings is 1. The van der Waals surface area contributed by atoms with Gasteiger partial charge in [0.25, 0.3) is 5.91 Å². The van der Waals surface area contributed by atoms with Crippen LogP contribution in [0.5, 0.6) is 0 Å². The maximum atomic E-state index is 12.9. The van der Waals surface area contributed by atoms with Crippen LogP contribution in [0.1, 0.15) is 53.6 Å². The Morgan fingerprint density at radius 1 is 1.35 bits per heavy atom. The fraction of sp³-hybridized carbons (Fsp3) is 0.500. The van der Waals surface area contributed by atoms with Crippen molar-refractivity contribution < 1.29 is 4.79 Å². The third-order valence-electron chi connectivity index (χ3n) is 5.04. The standard InChI is InChI=1S/C18H24ClN5O.ClH/c1-12(15-6-4-5-7-16(15)19)23(3)18(25)17-13(2)24(22-21-17)14-8-10-20-11-9-14;/h4-7,12,14,20H,8-11H2,1-3H3;1H. The number of rotatable bonds is 4. The highest BCUT2D eigenvalue weighted by molar-refractivity contribution is 6.31. The van der Waals surface area contributed by atoms with Gasteiger partial charge in [0.1, 0.15) is 0 Å². The lowest BCUT2D eigenvalue weighted by molar-refractivity contribution is 0.0736. The van der Waals surface area contributed by atoms with Crippen molar-refractivity contribution in [1.29, 1.82) is 0 Å². The molecule has 1 aromatic carbocycles. The number of hydrogen-bond acceptors (Lipinski definition) is 4. The number of carbonyl (C=O) groups excluding carboxylic acids is 1. The van der Waals surface area contributed by atoms with Gasteiger partial charge in [0.15, 0.2) is 5.69 Å². The van der Waals surface area contributed by atoms with Crippen LogP contribution >= 0.6 is 24.0 Å². The third kappa shape index (κ3) is 4.03. The molecular weight excluding hydrogens is 373 g/mol. The van der Waals surface area contributed by atoms with Crippen molar-refractivity contribution >= 4 is 29.9 Å². The smallest absolute Gasteiger partial charge is 0.276 e. The van der Waals surface area contributed by atoms with E-state index in [0.717, 1.165) is 37.2 Å². The lowest BCUT2D eigenvalue weighted by Crippen LogP contribution is -2.31. The topological polar surface area (TPSA) is 63.1 Å². The average Bonchev–Trinajstić information content (AvgIpc) is 3.02. The van der Waals surface area contributed by atoms with Crippen LogP contribution < -0.4 is 5.32 Å². The summed E-state index contributed by atoms with van der Waals surface area (Å²) in [5.41, 5.74) is 2.17. The predicted octanol–water partition coefficient (Wildman–Crippen LogP) is 3.42. The summed E-state index contributed by atoms with van der Waals surface area (Å²) < 4.78 is 1.90. The van der Waals surface area contributed by atoms with Crippen LogP contribution in [0, 0.1) is 6.92 Å². The number of nitrogens with one attached hydrogen (secondary N) is 1. The maximum Gasteiger partial charge on any atom is 0.276 e. The molecule has 3 rings (SSSR count). The third-order valence-corrected chi connectivity index (χ3v) is 5.39. The zero-order valence-corrected chi connectivity index (χ0v) is 16.8. The minimum absolute atomic E-state index is 0. The molecule has 1 fully saturated rings. The van der Waals surface area contributed by atoms with E-state index in [1.807, 2.05) is 42.8 Å². The van der Waals surface area contributed by atoms with E-state index in [1.165, 1.54) is 0 Å². The first-order valence-electron chi connectivity index (χ1n) is 8.64. The quantitative estimate of drug-likeness (QED) is 0.857. The number of carbonyl (C=O) groups is 1. The molecule has 6 nitrogen and oxygen atoms in total. The minimum Gasteiger partial charge on any atom is -0.333 e. The van der Waals surface area contributed by atoms with Crippen LogP contribution in [0.25, 0.3) is 0 Å². The van der Waals surface area contributed by atoms with Gasteiger partial charge in [-0.25, -0.2) is 4.68 Å². The molecule has 1 atom stereocenters. The molecule has 1 amide bonds. The van der Waals surface area contributed by atoms with E-state index in [1.54, 1.807) is 11.9 Å². The molecule has 2 heterocycles. The van der Waals surface area contributed by atoms with Gasteiger partial charge < -0.3 is 10.2 Å². The van der Waals surface area contributed by atoms with Crippen LogP contribution in [0.2, 0.25) is 5.02 Å². The summed E-state index contributed by atoms with van der Waals surface area (Å²) in [6, 6.07) is 7.75. The van der Waals surface area contributed by atoms with Crippen molar-refractivity contribution in [2.24, 2.45) is 0 Å². The highest BCUT2D eigenvalue weighted by atomic mass is 35.5. The monoisotopic (exact) mass is 397 g/mol. The van der Waals surface area contributed by atoms with Gasteiger partial charge in [0, 0.05) is 12.1 Å². The lowest BCUT2D eigenvalue weighted by atomic mass is 10.1. The second-order valence-electron chi connectivity index (χ2n) is 6.56. The highest BCUT2D eigenvalue weighted by Crippen LogP contribution is 2.28. The van der Waals surface area contributed by atoms with Gasteiger partial charge in [-0.3, -0.25) is 4.79 Å². The molecule has 0 spiro atoms. The maximum absolute atomic E-state index is 12.9. The van der Waals surface area contributed by atoms with Gasteiger partial charge in [-0.15, -0.1) is 17.5 Å². The Bertz CT molecular complexity index is 758. The van der Waals surface area contributed by atoms with E-state index in [-0.39, 0.29) is 24.4 Å². The minimum atomic E-state index is -0.148. The first kappa shape index (κ1) is 20.7. The Kier molecular flexibility index (Phi) is 7.03. The van der Waals surface area contributed by atoms with Crippen LogP contribution in [0.4, 0.5) is 0 Å². The van der Waals surface area contributed by atoms with E-state index < -0.39 is 0 Å². The van der Waals surface area contributed by atoms with Crippen LogP contribution in [0.15, 0.2) is 24.3 Å². The molecule has 0 bridgehead atoms. The fourth-order valence-corrected chi connectivity index (χ4v) is 3.60. The number of benzene rings is 1. The molecule has 1 aliphatic rings. The molecule has 1 aromatic heterocycles. The molecule has 142 valence electrons. The first-order chi connectivity index (χ1) is 12.0. The summed E-state index contributed by atoms with van der Waals surface area (Å²) in [5.74, 6) is -0.134. The molecule has 1 aliphatic heterocycles. The molecule has 2 aromatic rings. The van der Waals surface area contributed by atoms with E-state index in [9.17, 15) is 4.79 Å². The Morgan fingerprint density at radius 3 is 2.65 bits per heavy atom. The van der Waals surface area contributed by atoms with Gasteiger partial charge in [-0.1, -0.05) is 35.0 Å². The van der Waals surface area contributed by atoms with Crippen LogP contribution in [-0.2, 0) is 0 Å². The summed E-state index contributed by atoms with van der Waals surface area (Å²) in [6.45, 7) is 5.82. The molecule has 1 N–H and O–H groups in total. The van der Waals surface area contributed by atoms with Crippen LogP contribution in [-0.4, -0.2) is 45.9 Å². The normalized spacial score (nSPS) is 16.0. The van der Waals surface area contributed by atoms with Gasteiger partial charge in [-0.2, -0.15) is 0 Å². The van der Waals surface area contributed by atoms with Gasteiger partial charge in [0.05, 0.1) is 17.8 Å². The Morgan fingerprint density at radius 2 is 2.00 bits per heavy atom. The summed E-state index contributed by atoms with van der Waals surface area (Å²) >= 11 is 6.27. The summed E-state index contributed by atoms with van der Waals surface area (Å²) in [7, 11) is 1.78. The summed E-state index contributed by atoms with van der Waals surface area (Å²) in [6.07, 6.45) is 2.01. The van der Waals surface area contributed by atoms with Gasteiger partial charge in [0.2, 0.25) is 0 Å². The number of hydrogen-bond donors (Lipinski definition) is 1. The largest absolute Gasteiger partial charge is 0.333 e. The summed E-state index contributed by atoms with van der Waals surface area (Å²) in [4.78, 5) is 14.6. The Hall–Kier alpha value is -1.63. The second kappa shape index (κ2) is 8.84. The number of amides is 1. The molecule has 0 aliphatic carbocycles. The van der Waals surface area contributed by atoms with E-state index >= 15 is 0 Å². The molecular formula is C18H25Cl2N5O. The second-order valence-corrected chi connectivity index (χ2v) is 6.97. The van der Waals surface area contributed by atoms with Crippen molar-refractivity contribution in [2.75, 3.05) is 20.1 Å². The van der Waals surface area contributed by atoms with Crippen LogP contribution in [0.3, 0.4) is 0 Å². The average molecular weight is 398 g/mol. The molecule has 1 saturated heterocycles. The molecule has 26 heavy (non-hydrogen) atoms. The fourth-order valence-electron chi connectivity index (χ4n) is 3.30. The molecule has 1 unspecified atom stereocenters. The molecule has 0 saturated carbocycles.